The molecule has 0 spiro atoms. The highest BCUT2D eigenvalue weighted by Crippen LogP contribution is 2.42. The van der Waals surface area contributed by atoms with Crippen LogP contribution >= 0.6 is 0 Å². The summed E-state index contributed by atoms with van der Waals surface area (Å²) in [6.07, 6.45) is 3.82. The fraction of sp³-hybridized carbons (Fsp3) is 0.300. The van der Waals surface area contributed by atoms with Crippen LogP contribution in [-0.2, 0) is 0 Å². The molecule has 3 rings (SSSR count). The van der Waals surface area contributed by atoms with Crippen molar-refractivity contribution in [3.05, 3.63) is 46.5 Å². The van der Waals surface area contributed by atoms with Crippen molar-refractivity contribution < 1.29 is 24.9 Å². The first-order valence-electron chi connectivity index (χ1n) is 8.91. The summed E-state index contributed by atoms with van der Waals surface area (Å²) < 4.78 is 0. The highest BCUT2D eigenvalue weighted by atomic mass is 16.3. The minimum Gasteiger partial charge on any atom is -0.507 e. The van der Waals surface area contributed by atoms with Crippen molar-refractivity contribution >= 4 is 17.3 Å². The Hall–Kier alpha value is -3.06. The summed E-state index contributed by atoms with van der Waals surface area (Å²) in [6, 6.07) is 5.18. The summed E-state index contributed by atoms with van der Waals surface area (Å²) in [5.41, 5.74) is 5.19. The Morgan fingerprint density at radius 3 is 1.78 bits per heavy atom. The molecule has 0 saturated carbocycles. The van der Waals surface area contributed by atoms with Crippen LogP contribution in [0, 0.1) is 0 Å². The quantitative estimate of drug-likeness (QED) is 0.319. The summed E-state index contributed by atoms with van der Waals surface area (Å²) in [5.74, 6) is -2.45. The monoisotopic (exact) mass is 370 g/mol. The topological polar surface area (TPSA) is 133 Å². The number of aromatic hydroxyl groups is 3. The van der Waals surface area contributed by atoms with E-state index in [4.69, 9.17) is 5.73 Å². The molecule has 2 aromatic carbocycles. The van der Waals surface area contributed by atoms with E-state index in [9.17, 15) is 24.9 Å². The first-order chi connectivity index (χ1) is 13.0. The predicted octanol–water partition coefficient (Wildman–Crippen LogP) is 2.51. The maximum Gasteiger partial charge on any atom is 0.202 e. The van der Waals surface area contributed by atoms with Crippen LogP contribution in [0.15, 0.2) is 24.3 Å². The summed E-state index contributed by atoms with van der Waals surface area (Å²) >= 11 is 0. The van der Waals surface area contributed by atoms with Gasteiger partial charge in [0.15, 0.2) is 0 Å². The lowest BCUT2D eigenvalue weighted by atomic mass is 9.81. The number of phenols is 3. The lowest BCUT2D eigenvalue weighted by Crippen LogP contribution is -2.23. The van der Waals surface area contributed by atoms with Crippen LogP contribution in [-0.4, -0.2) is 40.0 Å². The Bertz CT molecular complexity index is 908. The van der Waals surface area contributed by atoms with Gasteiger partial charge in [0.05, 0.1) is 22.3 Å². The number of unbranched alkanes of at least 4 members (excludes halogenated alkanes) is 3. The number of nitrogens with one attached hydrogen (secondary N) is 1. The number of nitrogens with two attached hydrogens (primary N) is 1. The zero-order chi connectivity index (χ0) is 19.6. The second kappa shape index (κ2) is 7.67. The Labute approximate surface area is 156 Å². The van der Waals surface area contributed by atoms with Gasteiger partial charge in [0.25, 0.3) is 0 Å². The number of benzene rings is 2. The summed E-state index contributed by atoms with van der Waals surface area (Å²) in [4.78, 5) is 25.8. The van der Waals surface area contributed by atoms with E-state index in [0.29, 0.717) is 18.8 Å². The van der Waals surface area contributed by atoms with Gasteiger partial charge in [-0.15, -0.1) is 0 Å². The molecule has 0 heterocycles. The molecule has 142 valence electrons. The van der Waals surface area contributed by atoms with Crippen LogP contribution in [0.1, 0.15) is 57.5 Å². The molecule has 0 atom stereocenters. The van der Waals surface area contributed by atoms with Gasteiger partial charge in [-0.1, -0.05) is 12.8 Å². The molecule has 0 aromatic heterocycles. The summed E-state index contributed by atoms with van der Waals surface area (Å²) in [7, 11) is 0. The van der Waals surface area contributed by atoms with Crippen molar-refractivity contribution in [1.82, 2.24) is 0 Å². The molecule has 0 amide bonds. The van der Waals surface area contributed by atoms with Crippen LogP contribution in [0.4, 0.5) is 5.69 Å². The van der Waals surface area contributed by atoms with E-state index in [0.717, 1.165) is 37.8 Å². The molecule has 1 aliphatic rings. The average molecular weight is 370 g/mol. The van der Waals surface area contributed by atoms with Crippen molar-refractivity contribution in [2.24, 2.45) is 5.73 Å². The third-order valence-electron chi connectivity index (χ3n) is 4.70. The highest BCUT2D eigenvalue weighted by molar-refractivity contribution is 6.32. The average Bonchev–Trinajstić information content (AvgIpc) is 2.65. The number of fused-ring (bicyclic) bond motifs is 2. The Kier molecular flexibility index (Phi) is 5.32. The molecule has 0 aliphatic heterocycles. The highest BCUT2D eigenvalue weighted by Gasteiger charge is 2.37. The molecule has 27 heavy (non-hydrogen) atoms. The number of rotatable bonds is 7. The molecule has 0 unspecified atom stereocenters. The first-order valence-corrected chi connectivity index (χ1v) is 8.91. The molecule has 7 nitrogen and oxygen atoms in total. The summed E-state index contributed by atoms with van der Waals surface area (Å²) in [5, 5.41) is 33.4. The van der Waals surface area contributed by atoms with E-state index in [1.807, 2.05) is 0 Å². The third kappa shape index (κ3) is 3.33. The fourth-order valence-corrected chi connectivity index (χ4v) is 3.34. The minimum absolute atomic E-state index is 0.00959. The number of ketones is 2. The number of anilines is 1. The van der Waals surface area contributed by atoms with Crippen LogP contribution in [0.3, 0.4) is 0 Å². The Balaban J connectivity index is 1.95. The van der Waals surface area contributed by atoms with Crippen molar-refractivity contribution in [3.63, 3.8) is 0 Å². The van der Waals surface area contributed by atoms with Gasteiger partial charge in [-0.25, -0.2) is 0 Å². The van der Waals surface area contributed by atoms with E-state index < -0.39 is 17.3 Å². The third-order valence-corrected chi connectivity index (χ3v) is 4.70. The smallest absolute Gasteiger partial charge is 0.202 e. The van der Waals surface area contributed by atoms with Gasteiger partial charge in [0.1, 0.15) is 17.2 Å². The van der Waals surface area contributed by atoms with E-state index in [1.165, 1.54) is 12.1 Å². The van der Waals surface area contributed by atoms with Gasteiger partial charge < -0.3 is 26.4 Å². The van der Waals surface area contributed by atoms with Crippen molar-refractivity contribution in [3.8, 4) is 17.2 Å². The maximum atomic E-state index is 13.0. The molecule has 0 radical (unpaired) electrons. The maximum absolute atomic E-state index is 13.0. The van der Waals surface area contributed by atoms with Crippen molar-refractivity contribution in [1.29, 1.82) is 0 Å². The molecule has 6 N–H and O–H groups in total. The SMILES string of the molecule is NCCCCCCNc1ccc(O)c2c1C(=O)c1c(O)ccc(O)c1C2=O. The number of hydrogen-bond donors (Lipinski definition) is 5. The van der Waals surface area contributed by atoms with E-state index >= 15 is 0 Å². The number of hydrogen-bond acceptors (Lipinski definition) is 7. The van der Waals surface area contributed by atoms with Gasteiger partial charge in [0, 0.05) is 12.2 Å². The lowest BCUT2D eigenvalue weighted by molar-refractivity contribution is 0.0972. The molecule has 0 fully saturated rings. The predicted molar refractivity (Wildman–Crippen MR) is 101 cm³/mol. The van der Waals surface area contributed by atoms with Gasteiger partial charge in [0.2, 0.25) is 11.6 Å². The van der Waals surface area contributed by atoms with Crippen LogP contribution in [0.25, 0.3) is 0 Å². The van der Waals surface area contributed by atoms with Crippen LogP contribution in [0.2, 0.25) is 0 Å². The van der Waals surface area contributed by atoms with Crippen molar-refractivity contribution in [2.75, 3.05) is 18.4 Å². The van der Waals surface area contributed by atoms with E-state index in [-0.39, 0.29) is 33.8 Å². The van der Waals surface area contributed by atoms with Crippen molar-refractivity contribution in [2.45, 2.75) is 25.7 Å². The Morgan fingerprint density at radius 2 is 1.19 bits per heavy atom. The molecular weight excluding hydrogens is 348 g/mol. The standard InChI is InChI=1S/C20H22N2O5/c21-9-3-1-2-4-10-22-11-5-6-12(23)16-15(11)19(26)17-13(24)7-8-14(25)18(17)20(16)27/h5-8,22-25H,1-4,9-10,21H2. The number of phenolic OH excluding ortho intramolecular Hbond substituents is 3. The van der Waals surface area contributed by atoms with Gasteiger partial charge in [-0.2, -0.15) is 0 Å². The second-order valence-corrected chi connectivity index (χ2v) is 6.52. The second-order valence-electron chi connectivity index (χ2n) is 6.52. The van der Waals surface area contributed by atoms with Gasteiger partial charge in [-0.3, -0.25) is 9.59 Å². The largest absolute Gasteiger partial charge is 0.507 e. The summed E-state index contributed by atoms with van der Waals surface area (Å²) in [6.45, 7) is 1.24. The van der Waals surface area contributed by atoms with Crippen LogP contribution in [0.5, 0.6) is 17.2 Å². The number of carbonyl (C=O) groups excluding carboxylic acids is 2. The van der Waals surface area contributed by atoms with E-state index in [1.54, 1.807) is 0 Å². The van der Waals surface area contributed by atoms with E-state index in [2.05, 4.69) is 5.32 Å². The molecule has 0 saturated heterocycles. The van der Waals surface area contributed by atoms with Crippen LogP contribution < -0.4 is 11.1 Å². The molecule has 2 aromatic rings. The minimum atomic E-state index is -0.697. The van der Waals surface area contributed by atoms with Gasteiger partial charge in [-0.05, 0) is 43.7 Å². The molecule has 1 aliphatic carbocycles. The lowest BCUT2D eigenvalue weighted by Gasteiger charge is -2.22. The normalized spacial score (nSPS) is 12.6. The first kappa shape index (κ1) is 18.7. The van der Waals surface area contributed by atoms with Gasteiger partial charge >= 0.3 is 0 Å². The fourth-order valence-electron chi connectivity index (χ4n) is 3.34. The Morgan fingerprint density at radius 1 is 0.704 bits per heavy atom. The zero-order valence-corrected chi connectivity index (χ0v) is 14.8. The number of carbonyl (C=O) groups is 2. The zero-order valence-electron chi connectivity index (χ0n) is 14.8. The molecule has 0 bridgehead atoms. The molecule has 7 heteroatoms. The molecular formula is C20H22N2O5.